The number of nitrogens with two attached hydrogens (primary N) is 1. The number of ether oxygens (including phenoxy) is 4. The zero-order chi connectivity index (χ0) is 27.6. The molecule has 0 amide bonds. The Hall–Kier alpha value is -3.88. The van der Waals surface area contributed by atoms with Crippen molar-refractivity contribution in [3.63, 3.8) is 0 Å². The van der Waals surface area contributed by atoms with Crippen LogP contribution in [-0.4, -0.2) is 50.3 Å². The van der Waals surface area contributed by atoms with Crippen LogP contribution in [0.2, 0.25) is 0 Å². The first kappa shape index (κ1) is 30.3. The summed E-state index contributed by atoms with van der Waals surface area (Å²) in [5.74, 6) is -1.47. The Balaban J connectivity index is 1.38. The van der Waals surface area contributed by atoms with E-state index in [2.05, 4.69) is 0 Å². The predicted octanol–water partition coefficient (Wildman–Crippen LogP) is 4.80. The van der Waals surface area contributed by atoms with E-state index in [4.69, 9.17) is 24.7 Å². The Morgan fingerprint density at radius 1 is 0.553 bits per heavy atom. The minimum absolute atomic E-state index is 0.0126. The standard InChI is InChI=1S/C29H37NO8/c1-22-10-12-23(13-11-22)28(33)37-18-6-2-4-8-26(31)35-20-21-36-27(32)9-5-3-7-19-38-29(34)24-14-16-25(30)17-15-24/h10-17H,2-9,18-21,30H2,1H3. The van der Waals surface area contributed by atoms with Gasteiger partial charge in [0.15, 0.2) is 0 Å². The van der Waals surface area contributed by atoms with Gasteiger partial charge in [-0.05, 0) is 81.8 Å². The number of carbonyl (C=O) groups is 4. The fourth-order valence-electron chi connectivity index (χ4n) is 3.36. The Kier molecular flexibility index (Phi) is 14.0. The highest BCUT2D eigenvalue weighted by Gasteiger charge is 2.09. The number of rotatable bonds is 17. The average Bonchev–Trinajstić information content (AvgIpc) is 2.91. The molecule has 0 radical (unpaired) electrons. The van der Waals surface area contributed by atoms with E-state index >= 15 is 0 Å². The van der Waals surface area contributed by atoms with E-state index in [-0.39, 0.29) is 50.6 Å². The summed E-state index contributed by atoms with van der Waals surface area (Å²) >= 11 is 0. The van der Waals surface area contributed by atoms with Crippen LogP contribution in [0.3, 0.4) is 0 Å². The molecule has 0 saturated carbocycles. The van der Waals surface area contributed by atoms with Crippen LogP contribution in [-0.2, 0) is 28.5 Å². The van der Waals surface area contributed by atoms with Gasteiger partial charge < -0.3 is 24.7 Å². The van der Waals surface area contributed by atoms with Gasteiger partial charge in [0.2, 0.25) is 0 Å². The number of hydrogen-bond donors (Lipinski definition) is 1. The third-order valence-electron chi connectivity index (χ3n) is 5.56. The molecular weight excluding hydrogens is 490 g/mol. The molecule has 0 heterocycles. The molecule has 0 aliphatic heterocycles. The Morgan fingerprint density at radius 3 is 1.42 bits per heavy atom. The van der Waals surface area contributed by atoms with Crippen LogP contribution >= 0.6 is 0 Å². The van der Waals surface area contributed by atoms with Gasteiger partial charge in [-0.3, -0.25) is 9.59 Å². The minimum Gasteiger partial charge on any atom is -0.462 e. The van der Waals surface area contributed by atoms with Crippen LogP contribution < -0.4 is 5.73 Å². The number of benzene rings is 2. The summed E-state index contributed by atoms with van der Waals surface area (Å²) in [5.41, 5.74) is 8.21. The van der Waals surface area contributed by atoms with Crippen molar-refractivity contribution in [2.24, 2.45) is 0 Å². The number of unbranched alkanes of at least 4 members (excludes halogenated alkanes) is 4. The zero-order valence-corrected chi connectivity index (χ0v) is 21.9. The van der Waals surface area contributed by atoms with Crippen molar-refractivity contribution >= 4 is 29.6 Å². The SMILES string of the molecule is Cc1ccc(C(=O)OCCCCCC(=O)OCCOC(=O)CCCCCOC(=O)c2ccc(N)cc2)cc1. The molecule has 0 spiro atoms. The molecule has 0 aliphatic rings. The van der Waals surface area contributed by atoms with Crippen LogP contribution in [0.25, 0.3) is 0 Å². The first-order valence-electron chi connectivity index (χ1n) is 12.9. The Morgan fingerprint density at radius 2 is 0.974 bits per heavy atom. The van der Waals surface area contributed by atoms with Gasteiger partial charge in [0.1, 0.15) is 13.2 Å². The second kappa shape index (κ2) is 17.6. The molecule has 38 heavy (non-hydrogen) atoms. The molecule has 2 aromatic rings. The third kappa shape index (κ3) is 12.9. The van der Waals surface area contributed by atoms with Crippen LogP contribution in [0.1, 0.15) is 77.6 Å². The summed E-state index contributed by atoms with van der Waals surface area (Å²) in [6, 6.07) is 13.7. The Labute approximate surface area is 223 Å². The van der Waals surface area contributed by atoms with Crippen LogP contribution in [0.5, 0.6) is 0 Å². The number of nitrogen functional groups attached to an aromatic ring is 1. The van der Waals surface area contributed by atoms with Crippen molar-refractivity contribution in [1.29, 1.82) is 0 Å². The smallest absolute Gasteiger partial charge is 0.338 e. The van der Waals surface area contributed by atoms with Crippen molar-refractivity contribution in [3.05, 3.63) is 65.2 Å². The van der Waals surface area contributed by atoms with E-state index < -0.39 is 5.97 Å². The molecule has 0 atom stereocenters. The van der Waals surface area contributed by atoms with Gasteiger partial charge in [-0.25, -0.2) is 9.59 Å². The van der Waals surface area contributed by atoms with Crippen LogP contribution in [0, 0.1) is 6.92 Å². The lowest BCUT2D eigenvalue weighted by molar-refractivity contribution is -0.152. The molecule has 9 heteroatoms. The maximum absolute atomic E-state index is 11.9. The molecule has 0 saturated heterocycles. The highest BCUT2D eigenvalue weighted by molar-refractivity contribution is 5.90. The molecule has 2 aromatic carbocycles. The van der Waals surface area contributed by atoms with Gasteiger partial charge in [0, 0.05) is 18.5 Å². The first-order chi connectivity index (χ1) is 18.3. The molecule has 0 fully saturated rings. The fourth-order valence-corrected chi connectivity index (χ4v) is 3.36. The third-order valence-corrected chi connectivity index (χ3v) is 5.56. The van der Waals surface area contributed by atoms with E-state index in [1.54, 1.807) is 36.4 Å². The monoisotopic (exact) mass is 527 g/mol. The summed E-state index contributed by atoms with van der Waals surface area (Å²) < 4.78 is 20.6. The lowest BCUT2D eigenvalue weighted by Crippen LogP contribution is -2.14. The lowest BCUT2D eigenvalue weighted by atomic mass is 10.1. The van der Waals surface area contributed by atoms with Crippen molar-refractivity contribution in [1.82, 2.24) is 0 Å². The molecule has 0 aliphatic carbocycles. The van der Waals surface area contributed by atoms with Crippen LogP contribution in [0.4, 0.5) is 5.69 Å². The molecule has 9 nitrogen and oxygen atoms in total. The van der Waals surface area contributed by atoms with Gasteiger partial charge in [-0.2, -0.15) is 0 Å². The summed E-state index contributed by atoms with van der Waals surface area (Å²) in [6.07, 6.45) is 4.47. The van der Waals surface area contributed by atoms with E-state index in [0.717, 1.165) is 12.0 Å². The summed E-state index contributed by atoms with van der Waals surface area (Å²) in [6.45, 7) is 2.54. The molecule has 0 bridgehead atoms. The minimum atomic E-state index is -0.404. The highest BCUT2D eigenvalue weighted by atomic mass is 16.6. The number of aryl methyl sites for hydroxylation is 1. The molecule has 206 valence electrons. The quantitative estimate of drug-likeness (QED) is 0.133. The normalized spacial score (nSPS) is 10.4. The second-order valence-electron chi connectivity index (χ2n) is 8.82. The second-order valence-corrected chi connectivity index (χ2v) is 8.82. The maximum atomic E-state index is 11.9. The summed E-state index contributed by atoms with van der Waals surface area (Å²) in [4.78, 5) is 47.3. The molecule has 2 N–H and O–H groups in total. The van der Waals surface area contributed by atoms with Crippen molar-refractivity contribution in [2.45, 2.75) is 58.3 Å². The Bertz CT molecular complexity index is 934. The van der Waals surface area contributed by atoms with Crippen LogP contribution in [0.15, 0.2) is 48.5 Å². The van der Waals surface area contributed by atoms with Gasteiger partial charge in [-0.1, -0.05) is 17.7 Å². The average molecular weight is 528 g/mol. The van der Waals surface area contributed by atoms with E-state index in [9.17, 15) is 19.2 Å². The molecule has 2 rings (SSSR count). The fraction of sp³-hybridized carbons (Fsp3) is 0.448. The predicted molar refractivity (Wildman–Crippen MR) is 141 cm³/mol. The highest BCUT2D eigenvalue weighted by Crippen LogP contribution is 2.09. The van der Waals surface area contributed by atoms with Gasteiger partial charge in [0.05, 0.1) is 24.3 Å². The number of hydrogen-bond acceptors (Lipinski definition) is 9. The van der Waals surface area contributed by atoms with Crippen molar-refractivity contribution < 1.29 is 38.1 Å². The zero-order valence-electron chi connectivity index (χ0n) is 21.9. The topological polar surface area (TPSA) is 131 Å². The van der Waals surface area contributed by atoms with Gasteiger partial charge in [0.25, 0.3) is 0 Å². The molecule has 0 unspecified atom stereocenters. The van der Waals surface area contributed by atoms with Crippen molar-refractivity contribution in [2.75, 3.05) is 32.2 Å². The number of esters is 4. The molecule has 0 aromatic heterocycles. The first-order valence-corrected chi connectivity index (χ1v) is 12.9. The summed E-state index contributed by atoms with van der Waals surface area (Å²) in [5, 5.41) is 0. The number of carbonyl (C=O) groups excluding carboxylic acids is 4. The van der Waals surface area contributed by atoms with E-state index in [0.29, 0.717) is 55.5 Å². The number of anilines is 1. The van der Waals surface area contributed by atoms with Gasteiger partial charge >= 0.3 is 23.9 Å². The maximum Gasteiger partial charge on any atom is 0.338 e. The lowest BCUT2D eigenvalue weighted by Gasteiger charge is -2.07. The van der Waals surface area contributed by atoms with E-state index in [1.165, 1.54) is 0 Å². The van der Waals surface area contributed by atoms with Crippen molar-refractivity contribution in [3.8, 4) is 0 Å². The molecular formula is C29H37NO8. The van der Waals surface area contributed by atoms with Gasteiger partial charge in [-0.15, -0.1) is 0 Å². The van der Waals surface area contributed by atoms with E-state index in [1.807, 2.05) is 19.1 Å². The summed E-state index contributed by atoms with van der Waals surface area (Å²) in [7, 11) is 0. The largest absolute Gasteiger partial charge is 0.462 e.